The van der Waals surface area contributed by atoms with Crippen LogP contribution in [0.4, 0.5) is 5.82 Å². The molecule has 0 amide bonds. The van der Waals surface area contributed by atoms with E-state index in [0.29, 0.717) is 22.4 Å². The van der Waals surface area contributed by atoms with Crippen LogP contribution in [0.2, 0.25) is 0 Å². The number of fused-ring (bicyclic) bond motifs is 1. The molecule has 1 aliphatic heterocycles. The Morgan fingerprint density at radius 2 is 1.79 bits per heavy atom. The number of phenolic OH excluding ortho intramolecular Hbond substituents is 1. The largest absolute Gasteiger partial charge is 0.507 e. The maximum absolute atomic E-state index is 10.8. The standard InChI is InChI=1S/C25H28N8O/c1-24(2)13-17(14-25(3,4)31-24)33-23-20(29-32-33)12-19(28-30-23)18-7-6-15(10-21(18)34)16-8-9-27-22(11-16)26-5/h6-13,31,34H,14H2,1-5H3,(H,26,27). The molecular weight excluding hydrogens is 428 g/mol. The van der Waals surface area contributed by atoms with Gasteiger partial charge >= 0.3 is 0 Å². The lowest BCUT2D eigenvalue weighted by molar-refractivity contribution is 0.292. The van der Waals surface area contributed by atoms with Crippen LogP contribution in [0.15, 0.2) is 48.7 Å². The lowest BCUT2D eigenvalue weighted by Gasteiger charge is -2.40. The Kier molecular flexibility index (Phi) is 5.09. The van der Waals surface area contributed by atoms with Crippen molar-refractivity contribution in [3.63, 3.8) is 0 Å². The molecule has 9 nitrogen and oxygen atoms in total. The molecule has 4 aromatic rings. The third kappa shape index (κ3) is 4.10. The fourth-order valence-corrected chi connectivity index (χ4v) is 4.74. The second-order valence-corrected chi connectivity index (χ2v) is 9.89. The van der Waals surface area contributed by atoms with E-state index in [1.807, 2.05) is 37.4 Å². The van der Waals surface area contributed by atoms with Gasteiger partial charge < -0.3 is 15.7 Å². The number of anilines is 1. The molecule has 3 N–H and O–H groups in total. The fourth-order valence-electron chi connectivity index (χ4n) is 4.74. The zero-order valence-electron chi connectivity index (χ0n) is 20.0. The predicted octanol–water partition coefficient (Wildman–Crippen LogP) is 4.09. The second kappa shape index (κ2) is 7.88. The quantitative estimate of drug-likeness (QED) is 0.421. The van der Waals surface area contributed by atoms with Gasteiger partial charge in [-0.3, -0.25) is 0 Å². The summed E-state index contributed by atoms with van der Waals surface area (Å²) in [6, 6.07) is 11.1. The summed E-state index contributed by atoms with van der Waals surface area (Å²) in [5, 5.41) is 35.0. The van der Waals surface area contributed by atoms with Crippen LogP contribution >= 0.6 is 0 Å². The molecule has 0 unspecified atom stereocenters. The summed E-state index contributed by atoms with van der Waals surface area (Å²) >= 11 is 0. The molecule has 0 spiro atoms. The van der Waals surface area contributed by atoms with E-state index in [-0.39, 0.29) is 16.8 Å². The van der Waals surface area contributed by atoms with Gasteiger partial charge in [0.15, 0.2) is 0 Å². The lowest BCUT2D eigenvalue weighted by atomic mass is 9.86. The third-order valence-electron chi connectivity index (χ3n) is 5.90. The average Bonchev–Trinajstić information content (AvgIpc) is 3.20. The minimum absolute atomic E-state index is 0.0878. The SMILES string of the molecule is CNc1cc(-c2ccc(-c3cc4nnn(C5=CC(C)(C)NC(C)(C)C5)c4nn3)c(O)c2)ccn1. The summed E-state index contributed by atoms with van der Waals surface area (Å²) in [7, 11) is 1.82. The Hall–Kier alpha value is -3.85. The molecule has 174 valence electrons. The van der Waals surface area contributed by atoms with E-state index < -0.39 is 0 Å². The van der Waals surface area contributed by atoms with Crippen molar-refractivity contribution in [2.75, 3.05) is 12.4 Å². The fraction of sp³-hybridized carbons (Fsp3) is 0.320. The van der Waals surface area contributed by atoms with Crippen LogP contribution in [0.5, 0.6) is 5.75 Å². The molecule has 0 aliphatic carbocycles. The number of rotatable bonds is 4. The second-order valence-electron chi connectivity index (χ2n) is 9.89. The lowest BCUT2D eigenvalue weighted by Crippen LogP contribution is -2.54. The molecule has 1 aliphatic rings. The molecule has 0 fully saturated rings. The zero-order valence-corrected chi connectivity index (χ0v) is 20.0. The van der Waals surface area contributed by atoms with Gasteiger partial charge in [-0.2, -0.15) is 4.68 Å². The highest BCUT2D eigenvalue weighted by Crippen LogP contribution is 2.34. The summed E-state index contributed by atoms with van der Waals surface area (Å²) in [4.78, 5) is 4.24. The van der Waals surface area contributed by atoms with E-state index in [0.717, 1.165) is 29.1 Å². The van der Waals surface area contributed by atoms with E-state index >= 15 is 0 Å². The molecule has 1 aromatic carbocycles. The summed E-state index contributed by atoms with van der Waals surface area (Å²) < 4.78 is 1.77. The van der Waals surface area contributed by atoms with Crippen molar-refractivity contribution in [2.45, 2.75) is 45.2 Å². The van der Waals surface area contributed by atoms with E-state index in [9.17, 15) is 5.11 Å². The molecule has 0 saturated heterocycles. The first-order valence-corrected chi connectivity index (χ1v) is 11.2. The van der Waals surface area contributed by atoms with E-state index in [1.165, 1.54) is 0 Å². The number of benzene rings is 1. The monoisotopic (exact) mass is 456 g/mol. The van der Waals surface area contributed by atoms with Gasteiger partial charge in [-0.25, -0.2) is 4.98 Å². The summed E-state index contributed by atoms with van der Waals surface area (Å²) in [5.74, 6) is 0.877. The van der Waals surface area contributed by atoms with Crippen molar-refractivity contribution in [1.82, 2.24) is 35.5 Å². The number of hydrogen-bond acceptors (Lipinski definition) is 8. The predicted molar refractivity (Wildman–Crippen MR) is 133 cm³/mol. The van der Waals surface area contributed by atoms with E-state index in [1.54, 1.807) is 16.9 Å². The number of phenols is 1. The number of nitrogens with one attached hydrogen (secondary N) is 2. The van der Waals surface area contributed by atoms with Crippen molar-refractivity contribution in [3.8, 4) is 28.1 Å². The maximum Gasteiger partial charge on any atom is 0.205 e. The molecule has 3 aromatic heterocycles. The van der Waals surface area contributed by atoms with E-state index in [2.05, 4.69) is 69.9 Å². The van der Waals surface area contributed by atoms with Gasteiger partial charge in [-0.05, 0) is 75.2 Å². The first-order chi connectivity index (χ1) is 16.1. The first kappa shape index (κ1) is 22.0. The molecule has 5 rings (SSSR count). The van der Waals surface area contributed by atoms with E-state index in [4.69, 9.17) is 0 Å². The van der Waals surface area contributed by atoms with Gasteiger partial charge in [-0.15, -0.1) is 15.3 Å². The number of aromatic hydroxyl groups is 1. The van der Waals surface area contributed by atoms with Crippen LogP contribution in [0.3, 0.4) is 0 Å². The Morgan fingerprint density at radius 1 is 1.00 bits per heavy atom. The van der Waals surface area contributed by atoms with Gasteiger partial charge in [0.1, 0.15) is 17.1 Å². The molecule has 0 radical (unpaired) electrons. The molecule has 0 bridgehead atoms. The number of pyridine rings is 1. The van der Waals surface area contributed by atoms with Crippen molar-refractivity contribution >= 4 is 22.7 Å². The summed E-state index contributed by atoms with van der Waals surface area (Å²) in [6.07, 6.45) is 4.67. The van der Waals surface area contributed by atoms with Crippen molar-refractivity contribution in [3.05, 3.63) is 48.7 Å². The van der Waals surface area contributed by atoms with Gasteiger partial charge in [-0.1, -0.05) is 11.3 Å². The number of hydrogen-bond donors (Lipinski definition) is 3. The summed E-state index contributed by atoms with van der Waals surface area (Å²) in [5.41, 5.74) is 4.92. The van der Waals surface area contributed by atoms with Gasteiger partial charge in [0.2, 0.25) is 5.65 Å². The van der Waals surface area contributed by atoms with Crippen LogP contribution < -0.4 is 10.6 Å². The summed E-state index contributed by atoms with van der Waals surface area (Å²) in [6.45, 7) is 8.61. The minimum atomic E-state index is -0.182. The third-order valence-corrected chi connectivity index (χ3v) is 5.90. The highest BCUT2D eigenvalue weighted by atomic mass is 16.3. The topological polar surface area (TPSA) is 114 Å². The van der Waals surface area contributed by atoms with Crippen LogP contribution in [0, 0.1) is 0 Å². The van der Waals surface area contributed by atoms with Gasteiger partial charge in [0.05, 0.1) is 5.69 Å². The van der Waals surface area contributed by atoms with Crippen LogP contribution in [0.1, 0.15) is 34.1 Å². The van der Waals surface area contributed by atoms with Crippen LogP contribution in [-0.2, 0) is 0 Å². The first-order valence-electron chi connectivity index (χ1n) is 11.2. The van der Waals surface area contributed by atoms with Gasteiger partial charge in [0.25, 0.3) is 0 Å². The average molecular weight is 457 g/mol. The highest BCUT2D eigenvalue weighted by molar-refractivity contribution is 5.81. The molecule has 34 heavy (non-hydrogen) atoms. The zero-order chi connectivity index (χ0) is 24.1. The Morgan fingerprint density at radius 3 is 2.53 bits per heavy atom. The normalized spacial score (nSPS) is 16.9. The number of nitrogens with zero attached hydrogens (tertiary/aromatic N) is 6. The minimum Gasteiger partial charge on any atom is -0.507 e. The Balaban J connectivity index is 1.50. The molecule has 9 heteroatoms. The molecule has 0 saturated carbocycles. The van der Waals surface area contributed by atoms with Crippen molar-refractivity contribution in [1.29, 1.82) is 0 Å². The van der Waals surface area contributed by atoms with Crippen molar-refractivity contribution < 1.29 is 5.11 Å². The smallest absolute Gasteiger partial charge is 0.205 e. The number of aromatic nitrogens is 6. The Bertz CT molecular complexity index is 1420. The molecular formula is C25H28N8O. The molecule has 4 heterocycles. The van der Waals surface area contributed by atoms with Gasteiger partial charge in [0, 0.05) is 42.0 Å². The highest BCUT2D eigenvalue weighted by Gasteiger charge is 2.33. The van der Waals surface area contributed by atoms with Crippen LogP contribution in [-0.4, -0.2) is 53.4 Å². The van der Waals surface area contributed by atoms with Crippen LogP contribution in [0.25, 0.3) is 39.2 Å². The Labute approximate surface area is 197 Å². The molecule has 0 atom stereocenters. The van der Waals surface area contributed by atoms with Crippen molar-refractivity contribution in [2.24, 2.45) is 0 Å². The maximum atomic E-state index is 10.8.